The van der Waals surface area contributed by atoms with Crippen molar-refractivity contribution < 1.29 is 38.1 Å². The number of benzene rings is 1. The normalized spacial score (nSPS) is 17.9. The second kappa shape index (κ2) is 23.5. The number of rotatable bonds is 21. The van der Waals surface area contributed by atoms with Crippen LogP contribution in [-0.2, 0) is 25.7 Å². The third-order valence-electron chi connectivity index (χ3n) is 12.2. The van der Waals surface area contributed by atoms with Crippen LogP contribution in [0.4, 0.5) is 21.2 Å². The number of imide groups is 2. The molecule has 72 heavy (non-hydrogen) atoms. The molecule has 20 nitrogen and oxygen atoms in total. The molecule has 0 saturated carbocycles. The number of anilines is 2. The predicted octanol–water partition coefficient (Wildman–Crippen LogP) is 7.88. The molecule has 2 fully saturated rings. The van der Waals surface area contributed by atoms with Crippen LogP contribution in [0.1, 0.15) is 61.4 Å². The van der Waals surface area contributed by atoms with Crippen LogP contribution in [-0.4, -0.2) is 112 Å². The molecule has 374 valence electrons. The Morgan fingerprint density at radius 1 is 0.722 bits per heavy atom. The largest absolute Gasteiger partial charge is 0.455 e. The lowest BCUT2D eigenvalue weighted by molar-refractivity contribution is -0.146. The Morgan fingerprint density at radius 2 is 1.28 bits per heavy atom. The molecule has 0 spiro atoms. The van der Waals surface area contributed by atoms with E-state index in [1.165, 1.54) is 17.3 Å². The summed E-state index contributed by atoms with van der Waals surface area (Å²) in [6.45, 7) is 8.74. The van der Waals surface area contributed by atoms with Gasteiger partial charge in [0.2, 0.25) is 5.91 Å². The van der Waals surface area contributed by atoms with Gasteiger partial charge in [0.25, 0.3) is 5.91 Å². The molecule has 20 heteroatoms. The summed E-state index contributed by atoms with van der Waals surface area (Å²) in [5, 5.41) is 27.2. The highest BCUT2D eigenvalue weighted by molar-refractivity contribution is 6.08. The molecule has 6 heterocycles. The molecular weight excluding hydrogens is 921 g/mol. The predicted molar refractivity (Wildman–Crippen MR) is 271 cm³/mol. The number of pyridine rings is 4. The molecule has 6 amide bonds. The summed E-state index contributed by atoms with van der Waals surface area (Å²) in [7, 11) is 1.74. The molecule has 0 aliphatic carbocycles. The minimum atomic E-state index is -1.12. The first kappa shape index (κ1) is 51.5. The molecule has 1 aromatic carbocycles. The van der Waals surface area contributed by atoms with E-state index in [0.717, 1.165) is 10.5 Å². The number of ether oxygens (including phenoxy) is 4. The van der Waals surface area contributed by atoms with Gasteiger partial charge in [0.05, 0.1) is 41.4 Å². The van der Waals surface area contributed by atoms with Crippen LogP contribution in [0.3, 0.4) is 0 Å². The summed E-state index contributed by atoms with van der Waals surface area (Å²) in [6, 6.07) is 21.7. The van der Waals surface area contributed by atoms with Crippen LogP contribution in [0.15, 0.2) is 104 Å². The van der Waals surface area contributed by atoms with E-state index >= 15 is 0 Å². The van der Waals surface area contributed by atoms with Crippen molar-refractivity contribution in [2.45, 2.75) is 59.2 Å². The second-order valence-corrected chi connectivity index (χ2v) is 17.5. The first-order valence-corrected chi connectivity index (χ1v) is 23.3. The second-order valence-electron chi connectivity index (χ2n) is 17.5. The van der Waals surface area contributed by atoms with E-state index in [4.69, 9.17) is 29.8 Å². The van der Waals surface area contributed by atoms with Crippen molar-refractivity contribution >= 4 is 59.1 Å². The Kier molecular flexibility index (Phi) is 16.8. The van der Waals surface area contributed by atoms with E-state index in [0.29, 0.717) is 95.9 Å². The number of nitrogens with one attached hydrogen (secondary N) is 6. The Morgan fingerprint density at radius 3 is 1.83 bits per heavy atom. The molecule has 2 aliphatic rings. The lowest BCUT2D eigenvalue weighted by Gasteiger charge is -2.23. The van der Waals surface area contributed by atoms with Gasteiger partial charge in [-0.15, -0.1) is 0 Å². The van der Waals surface area contributed by atoms with Gasteiger partial charge in [-0.3, -0.25) is 40.0 Å². The van der Waals surface area contributed by atoms with Crippen molar-refractivity contribution in [1.29, 1.82) is 10.8 Å². The molecule has 2 unspecified atom stereocenters. The van der Waals surface area contributed by atoms with E-state index in [1.807, 2.05) is 37.3 Å². The number of aryl methyl sites for hydroxylation is 2. The zero-order chi connectivity index (χ0) is 51.3. The molecule has 4 aromatic heterocycles. The smallest absolute Gasteiger partial charge is 0.329 e. The number of urea groups is 2. The van der Waals surface area contributed by atoms with E-state index in [2.05, 4.69) is 41.2 Å². The van der Waals surface area contributed by atoms with Gasteiger partial charge in [-0.25, -0.2) is 19.6 Å². The summed E-state index contributed by atoms with van der Waals surface area (Å²) in [5.74, 6) is 1.65. The van der Waals surface area contributed by atoms with Crippen molar-refractivity contribution in [2.24, 2.45) is 5.41 Å². The Hall–Kier alpha value is -8.36. The van der Waals surface area contributed by atoms with Crippen molar-refractivity contribution in [3.8, 4) is 23.0 Å². The number of allylic oxidation sites excluding steroid dienone is 2. The number of hydrogen-bond donors (Lipinski definition) is 6. The molecule has 2 saturated heterocycles. The van der Waals surface area contributed by atoms with E-state index in [9.17, 15) is 19.2 Å². The Balaban J connectivity index is 0.826. The van der Waals surface area contributed by atoms with Gasteiger partial charge in [-0.2, -0.15) is 0 Å². The molecule has 2 aliphatic heterocycles. The van der Waals surface area contributed by atoms with Gasteiger partial charge in [-0.1, -0.05) is 37.3 Å². The van der Waals surface area contributed by atoms with Crippen LogP contribution in [0.25, 0.3) is 11.1 Å². The first-order valence-electron chi connectivity index (χ1n) is 23.3. The average molecular weight is 979 g/mol. The highest BCUT2D eigenvalue weighted by atomic mass is 16.5. The fourth-order valence-corrected chi connectivity index (χ4v) is 7.85. The Bertz CT molecular complexity index is 2880. The zero-order valence-electron chi connectivity index (χ0n) is 40.8. The van der Waals surface area contributed by atoms with Crippen LogP contribution < -0.4 is 30.7 Å². The maximum atomic E-state index is 13.5. The monoisotopic (exact) mass is 978 g/mol. The minimum Gasteiger partial charge on any atom is -0.455 e. The van der Waals surface area contributed by atoms with Gasteiger partial charge in [0.1, 0.15) is 40.2 Å². The highest BCUT2D eigenvalue weighted by Gasteiger charge is 2.47. The fourth-order valence-electron chi connectivity index (χ4n) is 7.85. The van der Waals surface area contributed by atoms with E-state index in [-0.39, 0.29) is 37.2 Å². The number of aromatic nitrogens is 4. The number of carbonyl (C=O) groups is 4. The summed E-state index contributed by atoms with van der Waals surface area (Å²) >= 11 is 0. The third kappa shape index (κ3) is 12.7. The third-order valence-corrected chi connectivity index (χ3v) is 12.2. The van der Waals surface area contributed by atoms with Crippen LogP contribution in [0.2, 0.25) is 0 Å². The number of likely N-dealkylation sites (tertiary alicyclic amines) is 2. The van der Waals surface area contributed by atoms with Crippen LogP contribution >= 0.6 is 0 Å². The maximum absolute atomic E-state index is 13.5. The first-order chi connectivity index (χ1) is 34.7. The Labute approximate surface area is 417 Å². The molecule has 6 N–H and O–H groups in total. The van der Waals surface area contributed by atoms with E-state index < -0.39 is 29.0 Å². The van der Waals surface area contributed by atoms with Gasteiger partial charge in [-0.05, 0) is 75.6 Å². The summed E-state index contributed by atoms with van der Waals surface area (Å²) in [5.41, 5.74) is 2.12. The lowest BCUT2D eigenvalue weighted by atomic mass is 9.85. The average Bonchev–Trinajstić information content (AvgIpc) is 3.85. The van der Waals surface area contributed by atoms with E-state index in [1.54, 1.807) is 101 Å². The minimum absolute atomic E-state index is 0.208. The van der Waals surface area contributed by atoms with Crippen molar-refractivity contribution in [1.82, 2.24) is 40.4 Å². The topological polar surface area (TPSA) is 259 Å². The summed E-state index contributed by atoms with van der Waals surface area (Å²) < 4.78 is 24.0. The van der Waals surface area contributed by atoms with Crippen LogP contribution in [0, 0.1) is 30.1 Å². The zero-order valence-corrected chi connectivity index (χ0v) is 40.8. The standard InChI is InChI=1S/C52H58N12O8/c1-34-43(71-39-15-20-57-41(27-39)37(29-53)31-55-5)11-13-45(59-34)61-49(67)63-23-17-51(3,47(63)65)19-25-69-26-22-56-32-38(30-54)42-28-40(16-21-58-42)72-44-12-14-46(60-35(44)2)62-50(68)64-24-18-52(4,48(64)66)70-33-36-9-7-6-8-10-36/h6-16,20-21,27-32,53-56H,17-19,22-26,33H2,1-5H3,(H,59,61,67)(H,60,62,68)/b37-31+,38-32+,53-29?,54-30?. The van der Waals surface area contributed by atoms with Gasteiger partial charge in [0.15, 0.2) is 0 Å². The number of amides is 6. The molecule has 5 aromatic rings. The number of carbonyl (C=O) groups excluding carboxylic acids is 4. The molecule has 2 atom stereocenters. The quantitative estimate of drug-likeness (QED) is 0.0302. The van der Waals surface area contributed by atoms with Crippen molar-refractivity contribution in [3.63, 3.8) is 0 Å². The number of hydrogen-bond acceptors (Lipinski definition) is 16. The molecule has 0 bridgehead atoms. The molecule has 7 rings (SSSR count). The highest BCUT2D eigenvalue weighted by Crippen LogP contribution is 2.36. The SMILES string of the molecule is CN/C=C(\C=N)c1cc(Oc2ccc(NC(=O)N3CCC(C)(CCOCCN/C=C(\C=N)c4cc(Oc5ccc(NC(=O)N6CCC(C)(OCc7ccccc7)C6=O)nc5C)ccn4)C3=O)nc2C)ccn1. The number of nitrogens with zero attached hydrogens (tertiary/aromatic N) is 6. The summed E-state index contributed by atoms with van der Waals surface area (Å²) in [4.78, 5) is 73.1. The van der Waals surface area contributed by atoms with Crippen molar-refractivity contribution in [2.75, 3.05) is 50.5 Å². The lowest BCUT2D eigenvalue weighted by Crippen LogP contribution is -2.44. The van der Waals surface area contributed by atoms with Crippen molar-refractivity contribution in [3.05, 3.63) is 132 Å². The maximum Gasteiger partial charge on any atom is 0.329 e. The van der Waals surface area contributed by atoms with Crippen LogP contribution in [0.5, 0.6) is 23.0 Å². The molecular formula is C52H58N12O8. The fraction of sp³-hybridized carbons (Fsp3) is 0.308. The molecule has 0 radical (unpaired) electrons. The van der Waals surface area contributed by atoms with Gasteiger partial charge >= 0.3 is 12.1 Å². The summed E-state index contributed by atoms with van der Waals surface area (Å²) in [6.07, 6.45) is 10.1. The van der Waals surface area contributed by atoms with Gasteiger partial charge in [0, 0.05) is 100 Å². The van der Waals surface area contributed by atoms with Gasteiger partial charge < -0.3 is 40.4 Å².